The number of anilines is 2. The van der Waals surface area contributed by atoms with Crippen molar-refractivity contribution in [2.24, 2.45) is 0 Å². The molecule has 2 rings (SSSR count). The second-order valence-corrected chi connectivity index (χ2v) is 4.24. The van der Waals surface area contributed by atoms with E-state index < -0.39 is 17.5 Å². The van der Waals surface area contributed by atoms with E-state index >= 15 is 0 Å². The lowest BCUT2D eigenvalue weighted by atomic mass is 10.3. The Morgan fingerprint density at radius 3 is 2.70 bits per heavy atom. The quantitative estimate of drug-likeness (QED) is 0.858. The molecule has 0 bridgehead atoms. The molecule has 0 aliphatic rings. The van der Waals surface area contributed by atoms with Gasteiger partial charge in [-0.2, -0.15) is 0 Å². The Morgan fingerprint density at radius 1 is 1.25 bits per heavy atom. The van der Waals surface area contributed by atoms with Gasteiger partial charge in [0.05, 0.1) is 18.0 Å². The average molecular weight is 285 g/mol. The highest BCUT2D eigenvalue weighted by Gasteiger charge is 2.15. The second-order valence-electron chi connectivity index (χ2n) is 4.24. The Balaban J connectivity index is 2.28. The highest BCUT2D eigenvalue weighted by molar-refractivity contribution is 5.55. The Morgan fingerprint density at radius 2 is 2.00 bits per heavy atom. The normalized spacial score (nSPS) is 10.8. The largest absolute Gasteiger partial charge is 0.383 e. The molecule has 0 amide bonds. The maximum atomic E-state index is 13.6. The molecule has 0 unspecified atom stereocenters. The number of benzene rings is 1. The van der Waals surface area contributed by atoms with Crippen LogP contribution in [0.2, 0.25) is 0 Å². The van der Waals surface area contributed by atoms with E-state index in [4.69, 9.17) is 4.74 Å². The zero-order valence-electron chi connectivity index (χ0n) is 11.1. The maximum Gasteiger partial charge on any atom is 0.207 e. The maximum absolute atomic E-state index is 13.6. The number of methoxy groups -OCH3 is 1. The summed E-state index contributed by atoms with van der Waals surface area (Å²) in [6.07, 6.45) is 1.75. The third-order valence-electron chi connectivity index (χ3n) is 2.71. The lowest BCUT2D eigenvalue weighted by Crippen LogP contribution is -2.08. The summed E-state index contributed by atoms with van der Waals surface area (Å²) in [5.74, 6) is -3.68. The van der Waals surface area contributed by atoms with Crippen molar-refractivity contribution >= 4 is 11.6 Å². The van der Waals surface area contributed by atoms with Gasteiger partial charge in [0.25, 0.3) is 0 Å². The molecular formula is C13H14F3N3O. The molecule has 1 aromatic heterocycles. The van der Waals surface area contributed by atoms with Crippen LogP contribution in [0.4, 0.5) is 24.8 Å². The fourth-order valence-electron chi connectivity index (χ4n) is 1.75. The van der Waals surface area contributed by atoms with Gasteiger partial charge in [0, 0.05) is 19.9 Å². The number of nitrogens with zero attached hydrogens (tertiary/aromatic N) is 2. The average Bonchev–Trinajstić information content (AvgIpc) is 2.77. The summed E-state index contributed by atoms with van der Waals surface area (Å²) in [6, 6.07) is 1.98. The van der Waals surface area contributed by atoms with Crippen molar-refractivity contribution in [2.75, 3.05) is 19.0 Å². The SMILES string of the molecule is COCCn1cc(C)nc1Nc1ccc(F)c(F)c1F. The van der Waals surface area contributed by atoms with E-state index in [1.807, 2.05) is 0 Å². The van der Waals surface area contributed by atoms with Crippen LogP contribution < -0.4 is 5.32 Å². The predicted molar refractivity (Wildman–Crippen MR) is 68.4 cm³/mol. The first-order valence-electron chi connectivity index (χ1n) is 5.96. The van der Waals surface area contributed by atoms with Gasteiger partial charge < -0.3 is 14.6 Å². The zero-order chi connectivity index (χ0) is 14.7. The van der Waals surface area contributed by atoms with Gasteiger partial charge >= 0.3 is 0 Å². The Kier molecular flexibility index (Phi) is 4.29. The number of hydrogen-bond acceptors (Lipinski definition) is 3. The first-order valence-corrected chi connectivity index (χ1v) is 5.96. The van der Waals surface area contributed by atoms with Crippen molar-refractivity contribution in [1.82, 2.24) is 9.55 Å². The second kappa shape index (κ2) is 5.96. The van der Waals surface area contributed by atoms with Gasteiger partial charge in [-0.25, -0.2) is 18.2 Å². The molecule has 20 heavy (non-hydrogen) atoms. The lowest BCUT2D eigenvalue weighted by molar-refractivity contribution is 0.188. The number of aryl methyl sites for hydroxylation is 1. The summed E-state index contributed by atoms with van der Waals surface area (Å²) < 4.78 is 46.3. The summed E-state index contributed by atoms with van der Waals surface area (Å²) in [4.78, 5) is 4.17. The minimum atomic E-state index is -1.51. The Hall–Kier alpha value is -2.02. The summed E-state index contributed by atoms with van der Waals surface area (Å²) in [6.45, 7) is 2.73. The van der Waals surface area contributed by atoms with Crippen LogP contribution in [-0.4, -0.2) is 23.3 Å². The van der Waals surface area contributed by atoms with Gasteiger partial charge in [-0.15, -0.1) is 0 Å². The number of aromatic nitrogens is 2. The van der Waals surface area contributed by atoms with Crippen molar-refractivity contribution < 1.29 is 17.9 Å². The van der Waals surface area contributed by atoms with Crippen molar-refractivity contribution in [1.29, 1.82) is 0 Å². The summed E-state index contributed by atoms with van der Waals surface area (Å²) >= 11 is 0. The minimum absolute atomic E-state index is 0.173. The van der Waals surface area contributed by atoms with Crippen molar-refractivity contribution in [2.45, 2.75) is 13.5 Å². The van der Waals surface area contributed by atoms with Gasteiger partial charge in [0.2, 0.25) is 5.95 Å². The van der Waals surface area contributed by atoms with Gasteiger partial charge in [0.15, 0.2) is 17.5 Å². The third-order valence-corrected chi connectivity index (χ3v) is 2.71. The van der Waals surface area contributed by atoms with Crippen molar-refractivity contribution in [3.05, 3.63) is 41.5 Å². The van der Waals surface area contributed by atoms with E-state index in [1.54, 1.807) is 24.8 Å². The number of imidazole rings is 1. The number of ether oxygens (including phenoxy) is 1. The molecule has 1 aromatic carbocycles. The molecule has 0 radical (unpaired) electrons. The highest BCUT2D eigenvalue weighted by atomic mass is 19.2. The van der Waals surface area contributed by atoms with E-state index in [0.29, 0.717) is 24.8 Å². The smallest absolute Gasteiger partial charge is 0.207 e. The van der Waals surface area contributed by atoms with Crippen LogP contribution in [-0.2, 0) is 11.3 Å². The molecule has 0 atom stereocenters. The number of hydrogen-bond donors (Lipinski definition) is 1. The first-order chi connectivity index (χ1) is 9.52. The molecule has 108 valence electrons. The standard InChI is InChI=1S/C13H14F3N3O/c1-8-7-19(5-6-20-2)13(17-8)18-10-4-3-9(14)11(15)12(10)16/h3-4,7H,5-6H2,1-2H3,(H,17,18). The van der Waals surface area contributed by atoms with Crippen molar-refractivity contribution in [3.8, 4) is 0 Å². The Labute approximate surface area is 114 Å². The van der Waals surface area contributed by atoms with E-state index in [-0.39, 0.29) is 5.69 Å². The number of halogens is 3. The molecule has 0 fully saturated rings. The fourth-order valence-corrected chi connectivity index (χ4v) is 1.75. The summed E-state index contributed by atoms with van der Waals surface area (Å²) in [5, 5.41) is 2.65. The zero-order valence-corrected chi connectivity index (χ0v) is 11.1. The molecule has 7 heteroatoms. The molecular weight excluding hydrogens is 271 g/mol. The highest BCUT2D eigenvalue weighted by Crippen LogP contribution is 2.23. The molecule has 0 aliphatic carbocycles. The molecule has 2 aromatic rings. The fraction of sp³-hybridized carbons (Fsp3) is 0.308. The van der Waals surface area contributed by atoms with Crippen LogP contribution >= 0.6 is 0 Å². The van der Waals surface area contributed by atoms with Crippen LogP contribution in [0, 0.1) is 24.4 Å². The van der Waals surface area contributed by atoms with E-state index in [9.17, 15) is 13.2 Å². The summed E-state index contributed by atoms with van der Waals surface area (Å²) in [7, 11) is 1.56. The van der Waals surface area contributed by atoms with E-state index in [1.165, 1.54) is 0 Å². The lowest BCUT2D eigenvalue weighted by Gasteiger charge is -2.10. The first kappa shape index (κ1) is 14.4. The topological polar surface area (TPSA) is 39.1 Å². The predicted octanol–water partition coefficient (Wildman–Crippen LogP) is 3.00. The van der Waals surface area contributed by atoms with Crippen LogP contribution in [0.3, 0.4) is 0 Å². The van der Waals surface area contributed by atoms with Gasteiger partial charge in [-0.1, -0.05) is 0 Å². The van der Waals surface area contributed by atoms with Crippen LogP contribution in [0.15, 0.2) is 18.3 Å². The third kappa shape index (κ3) is 2.93. The summed E-state index contributed by atoms with van der Waals surface area (Å²) in [5.41, 5.74) is 0.541. The van der Waals surface area contributed by atoms with Crippen LogP contribution in [0.5, 0.6) is 0 Å². The van der Waals surface area contributed by atoms with Crippen LogP contribution in [0.1, 0.15) is 5.69 Å². The molecule has 0 spiro atoms. The number of nitrogens with one attached hydrogen (secondary N) is 1. The molecule has 0 aliphatic heterocycles. The number of rotatable bonds is 5. The Bertz CT molecular complexity index is 613. The molecule has 0 saturated heterocycles. The van der Waals surface area contributed by atoms with E-state index in [2.05, 4.69) is 10.3 Å². The van der Waals surface area contributed by atoms with Gasteiger partial charge in [0.1, 0.15) is 0 Å². The molecule has 1 N–H and O–H groups in total. The molecule has 0 saturated carbocycles. The molecule has 1 heterocycles. The van der Waals surface area contributed by atoms with Crippen molar-refractivity contribution in [3.63, 3.8) is 0 Å². The molecule has 4 nitrogen and oxygen atoms in total. The van der Waals surface area contributed by atoms with Gasteiger partial charge in [-0.3, -0.25) is 0 Å². The minimum Gasteiger partial charge on any atom is -0.383 e. The van der Waals surface area contributed by atoms with Crippen LogP contribution in [0.25, 0.3) is 0 Å². The van der Waals surface area contributed by atoms with Gasteiger partial charge in [-0.05, 0) is 19.1 Å². The monoisotopic (exact) mass is 285 g/mol. The van der Waals surface area contributed by atoms with E-state index in [0.717, 1.165) is 12.1 Å².